The summed E-state index contributed by atoms with van der Waals surface area (Å²) in [7, 11) is 0. The molecule has 0 aliphatic carbocycles. The summed E-state index contributed by atoms with van der Waals surface area (Å²) in [6, 6.07) is 0.185. The van der Waals surface area contributed by atoms with Crippen molar-refractivity contribution in [3.8, 4) is 0 Å². The van der Waals surface area contributed by atoms with Gasteiger partial charge in [-0.25, -0.2) is 0 Å². The third-order valence-electron chi connectivity index (χ3n) is 2.91. The van der Waals surface area contributed by atoms with E-state index in [2.05, 4.69) is 15.0 Å². The summed E-state index contributed by atoms with van der Waals surface area (Å²) in [5, 5.41) is 4.02. The number of aryl methyl sites for hydroxylation is 1. The van der Waals surface area contributed by atoms with E-state index < -0.39 is 0 Å². The van der Waals surface area contributed by atoms with E-state index in [1.807, 2.05) is 6.92 Å². The predicted octanol–water partition coefficient (Wildman–Crippen LogP) is 1.34. The van der Waals surface area contributed by atoms with Crippen LogP contribution in [0, 0.1) is 0 Å². The first-order valence-electron chi connectivity index (χ1n) is 6.09. The van der Waals surface area contributed by atoms with Crippen molar-refractivity contribution in [2.45, 2.75) is 45.1 Å². The van der Waals surface area contributed by atoms with Gasteiger partial charge >= 0.3 is 0 Å². The quantitative estimate of drug-likeness (QED) is 0.835. The number of hydrogen-bond donors (Lipinski definition) is 1. The van der Waals surface area contributed by atoms with E-state index in [1.54, 1.807) is 0 Å². The van der Waals surface area contributed by atoms with Crippen LogP contribution in [0.1, 0.15) is 38.5 Å². The van der Waals surface area contributed by atoms with Crippen molar-refractivity contribution in [3.05, 3.63) is 5.89 Å². The van der Waals surface area contributed by atoms with Crippen LogP contribution < -0.4 is 10.6 Å². The molecule has 1 aromatic heterocycles. The standard InChI is InChI=1S/C11H20N4O/c1-9(12)5-6-10-13-11(14-16-10)15-7-3-2-4-8-15/h9H,2-8,12H2,1H3. The van der Waals surface area contributed by atoms with Crippen LogP contribution in [-0.4, -0.2) is 29.3 Å². The fraction of sp³-hybridized carbons (Fsp3) is 0.818. The van der Waals surface area contributed by atoms with Gasteiger partial charge in [0, 0.05) is 25.6 Å². The zero-order chi connectivity index (χ0) is 11.4. The van der Waals surface area contributed by atoms with Crippen LogP contribution in [-0.2, 0) is 6.42 Å². The first-order chi connectivity index (χ1) is 7.75. The highest BCUT2D eigenvalue weighted by Gasteiger charge is 2.16. The Morgan fingerprint density at radius 3 is 2.81 bits per heavy atom. The molecule has 0 aromatic carbocycles. The van der Waals surface area contributed by atoms with E-state index in [4.69, 9.17) is 10.3 Å². The highest BCUT2D eigenvalue weighted by molar-refractivity contribution is 5.27. The van der Waals surface area contributed by atoms with Gasteiger partial charge in [0.1, 0.15) is 0 Å². The predicted molar refractivity (Wildman–Crippen MR) is 62.3 cm³/mol. The molecule has 0 radical (unpaired) electrons. The van der Waals surface area contributed by atoms with Gasteiger partial charge in [0.05, 0.1) is 0 Å². The van der Waals surface area contributed by atoms with E-state index in [9.17, 15) is 0 Å². The van der Waals surface area contributed by atoms with Crippen LogP contribution in [0.4, 0.5) is 5.95 Å². The Labute approximate surface area is 96.0 Å². The molecule has 0 bridgehead atoms. The topological polar surface area (TPSA) is 68.2 Å². The largest absolute Gasteiger partial charge is 0.338 e. The minimum Gasteiger partial charge on any atom is -0.338 e. The van der Waals surface area contributed by atoms with Gasteiger partial charge in [0.2, 0.25) is 5.89 Å². The lowest BCUT2D eigenvalue weighted by molar-refractivity contribution is 0.370. The molecule has 1 unspecified atom stereocenters. The molecule has 1 atom stereocenters. The first kappa shape index (κ1) is 11.4. The van der Waals surface area contributed by atoms with E-state index in [0.717, 1.165) is 31.9 Å². The maximum atomic E-state index is 5.69. The van der Waals surface area contributed by atoms with Gasteiger partial charge in [-0.15, -0.1) is 0 Å². The van der Waals surface area contributed by atoms with Gasteiger partial charge < -0.3 is 15.2 Å². The SMILES string of the molecule is CC(N)CCc1nc(N2CCCCC2)no1. The molecule has 0 spiro atoms. The molecule has 2 heterocycles. The van der Waals surface area contributed by atoms with Gasteiger partial charge in [-0.3, -0.25) is 0 Å². The second kappa shape index (κ2) is 5.30. The molecule has 0 saturated carbocycles. The third-order valence-corrected chi connectivity index (χ3v) is 2.91. The molecule has 1 aromatic rings. The summed E-state index contributed by atoms with van der Waals surface area (Å²) < 4.78 is 5.21. The highest BCUT2D eigenvalue weighted by Crippen LogP contribution is 2.16. The Balaban J connectivity index is 1.90. The first-order valence-corrected chi connectivity index (χ1v) is 6.09. The Kier molecular flexibility index (Phi) is 3.77. The van der Waals surface area contributed by atoms with Crippen LogP contribution in [0.15, 0.2) is 4.52 Å². The van der Waals surface area contributed by atoms with Crippen LogP contribution in [0.3, 0.4) is 0 Å². The van der Waals surface area contributed by atoms with E-state index in [-0.39, 0.29) is 6.04 Å². The number of aromatic nitrogens is 2. The maximum absolute atomic E-state index is 5.69. The Hall–Kier alpha value is -1.10. The lowest BCUT2D eigenvalue weighted by Crippen LogP contribution is -2.30. The fourth-order valence-corrected chi connectivity index (χ4v) is 1.92. The molecule has 2 N–H and O–H groups in total. The van der Waals surface area contributed by atoms with Gasteiger partial charge in [0.25, 0.3) is 5.95 Å². The van der Waals surface area contributed by atoms with Crippen LogP contribution in [0.5, 0.6) is 0 Å². The summed E-state index contributed by atoms with van der Waals surface area (Å²) in [6.07, 6.45) is 5.43. The summed E-state index contributed by atoms with van der Waals surface area (Å²) in [5.41, 5.74) is 5.69. The number of nitrogens with two attached hydrogens (primary N) is 1. The second-order valence-electron chi connectivity index (χ2n) is 4.55. The lowest BCUT2D eigenvalue weighted by atomic mass is 10.1. The number of anilines is 1. The average Bonchev–Trinajstić information content (AvgIpc) is 2.76. The molecule has 16 heavy (non-hydrogen) atoms. The monoisotopic (exact) mass is 224 g/mol. The van der Waals surface area contributed by atoms with E-state index in [0.29, 0.717) is 5.89 Å². The van der Waals surface area contributed by atoms with Gasteiger partial charge in [-0.1, -0.05) is 0 Å². The molecule has 2 rings (SSSR count). The summed E-state index contributed by atoms with van der Waals surface area (Å²) >= 11 is 0. The van der Waals surface area contributed by atoms with Crippen molar-refractivity contribution >= 4 is 5.95 Å². The van der Waals surface area contributed by atoms with Crippen molar-refractivity contribution in [3.63, 3.8) is 0 Å². The molecular weight excluding hydrogens is 204 g/mol. The van der Waals surface area contributed by atoms with Crippen LogP contribution in [0.2, 0.25) is 0 Å². The number of rotatable bonds is 4. The molecule has 5 heteroatoms. The molecule has 0 amide bonds. The number of piperidine rings is 1. The molecule has 90 valence electrons. The Bertz CT molecular complexity index is 318. The molecule has 1 fully saturated rings. The summed E-state index contributed by atoms with van der Waals surface area (Å²) in [5.74, 6) is 1.46. The van der Waals surface area contributed by atoms with E-state index in [1.165, 1.54) is 19.3 Å². The van der Waals surface area contributed by atoms with Crippen molar-refractivity contribution < 1.29 is 4.52 Å². The maximum Gasteiger partial charge on any atom is 0.266 e. The molecule has 1 saturated heterocycles. The highest BCUT2D eigenvalue weighted by atomic mass is 16.5. The smallest absolute Gasteiger partial charge is 0.266 e. The molecule has 1 aliphatic heterocycles. The van der Waals surface area contributed by atoms with Crippen molar-refractivity contribution in [2.24, 2.45) is 5.73 Å². The van der Waals surface area contributed by atoms with Crippen molar-refractivity contribution in [2.75, 3.05) is 18.0 Å². The zero-order valence-corrected chi connectivity index (χ0v) is 9.85. The Morgan fingerprint density at radius 1 is 1.38 bits per heavy atom. The van der Waals surface area contributed by atoms with Gasteiger partial charge in [0.15, 0.2) is 0 Å². The molecular formula is C11H20N4O. The van der Waals surface area contributed by atoms with Crippen LogP contribution in [0.25, 0.3) is 0 Å². The Morgan fingerprint density at radius 2 is 2.12 bits per heavy atom. The molecule has 1 aliphatic rings. The summed E-state index contributed by atoms with van der Waals surface area (Å²) in [4.78, 5) is 6.60. The minimum absolute atomic E-state index is 0.185. The molecule has 5 nitrogen and oxygen atoms in total. The third kappa shape index (κ3) is 2.95. The van der Waals surface area contributed by atoms with Crippen LogP contribution >= 0.6 is 0 Å². The van der Waals surface area contributed by atoms with Crippen molar-refractivity contribution in [1.82, 2.24) is 10.1 Å². The summed E-state index contributed by atoms with van der Waals surface area (Å²) in [6.45, 7) is 4.08. The fourth-order valence-electron chi connectivity index (χ4n) is 1.92. The van der Waals surface area contributed by atoms with Gasteiger partial charge in [-0.2, -0.15) is 4.98 Å². The second-order valence-corrected chi connectivity index (χ2v) is 4.55. The number of hydrogen-bond acceptors (Lipinski definition) is 5. The van der Waals surface area contributed by atoms with Crippen molar-refractivity contribution in [1.29, 1.82) is 0 Å². The lowest BCUT2D eigenvalue weighted by Gasteiger charge is -2.24. The normalized spacial score (nSPS) is 18.8. The minimum atomic E-state index is 0.185. The number of nitrogens with zero attached hydrogens (tertiary/aromatic N) is 3. The van der Waals surface area contributed by atoms with Gasteiger partial charge in [-0.05, 0) is 37.8 Å². The van der Waals surface area contributed by atoms with E-state index >= 15 is 0 Å². The average molecular weight is 224 g/mol. The zero-order valence-electron chi connectivity index (χ0n) is 9.85.